The number of rotatable bonds is 4. The summed E-state index contributed by atoms with van der Waals surface area (Å²) in [6.45, 7) is 0. The number of nitrogens with one attached hydrogen (secondary N) is 1. The Kier molecular flexibility index (Phi) is 3.78. The Bertz CT molecular complexity index is 527. The van der Waals surface area contributed by atoms with E-state index in [0.29, 0.717) is 12.1 Å². The topological polar surface area (TPSA) is 98.2 Å². The number of amides is 2. The molecule has 5 N–H and O–H groups in total. The second kappa shape index (κ2) is 5.19. The maximum absolute atomic E-state index is 11.8. The summed E-state index contributed by atoms with van der Waals surface area (Å²) in [7, 11) is 0. The first-order valence-corrected chi connectivity index (χ1v) is 6.45. The fourth-order valence-electron chi connectivity index (χ4n) is 2.13. The highest BCUT2D eigenvalue weighted by atomic mass is 35.5. The van der Waals surface area contributed by atoms with Gasteiger partial charge in [0.1, 0.15) is 0 Å². The Morgan fingerprint density at radius 2 is 2.05 bits per heavy atom. The highest BCUT2D eigenvalue weighted by Gasteiger charge is 2.34. The van der Waals surface area contributed by atoms with Crippen LogP contribution in [0.5, 0.6) is 0 Å². The Morgan fingerprint density at radius 3 is 2.53 bits per heavy atom. The molecule has 1 aromatic carbocycles. The van der Waals surface area contributed by atoms with Crippen molar-refractivity contribution in [2.24, 2.45) is 11.5 Å². The first-order chi connectivity index (χ1) is 8.89. The summed E-state index contributed by atoms with van der Waals surface area (Å²) in [5, 5.41) is 2.94. The van der Waals surface area contributed by atoms with Crippen molar-refractivity contribution in [1.29, 1.82) is 0 Å². The third-order valence-electron chi connectivity index (χ3n) is 3.38. The van der Waals surface area contributed by atoms with Gasteiger partial charge < -0.3 is 16.8 Å². The first-order valence-electron chi connectivity index (χ1n) is 6.08. The van der Waals surface area contributed by atoms with Gasteiger partial charge in [-0.05, 0) is 37.5 Å². The highest BCUT2D eigenvalue weighted by Crippen LogP contribution is 2.32. The zero-order valence-electron chi connectivity index (χ0n) is 10.4. The third kappa shape index (κ3) is 3.24. The normalized spacial score (nSPS) is 16.5. The number of primary amides is 1. The van der Waals surface area contributed by atoms with E-state index in [4.69, 9.17) is 23.1 Å². The van der Waals surface area contributed by atoms with Crippen LogP contribution in [0.25, 0.3) is 0 Å². The molecule has 6 heteroatoms. The number of carbonyl (C=O) groups excluding carboxylic acids is 2. The Hall–Kier alpha value is -1.59. The van der Waals surface area contributed by atoms with Crippen molar-refractivity contribution in [3.63, 3.8) is 0 Å². The molecule has 102 valence electrons. The van der Waals surface area contributed by atoms with E-state index < -0.39 is 5.91 Å². The van der Waals surface area contributed by atoms with Crippen molar-refractivity contribution in [3.05, 3.63) is 28.8 Å². The number of hydrogen-bond donors (Lipinski definition) is 3. The molecule has 0 saturated heterocycles. The van der Waals surface area contributed by atoms with Crippen LogP contribution >= 0.6 is 11.6 Å². The third-order valence-corrected chi connectivity index (χ3v) is 3.69. The fourth-order valence-corrected chi connectivity index (χ4v) is 2.40. The van der Waals surface area contributed by atoms with E-state index in [1.165, 1.54) is 12.1 Å². The van der Waals surface area contributed by atoms with Crippen molar-refractivity contribution >= 4 is 29.1 Å². The maximum atomic E-state index is 11.8. The summed E-state index contributed by atoms with van der Waals surface area (Å²) in [5.41, 5.74) is 11.6. The summed E-state index contributed by atoms with van der Waals surface area (Å²) in [6, 6.07) is 4.58. The predicted octanol–water partition coefficient (Wildman–Crippen LogP) is 1.65. The van der Waals surface area contributed by atoms with Gasteiger partial charge >= 0.3 is 0 Å². The van der Waals surface area contributed by atoms with Crippen LogP contribution in [0, 0.1) is 0 Å². The van der Waals surface area contributed by atoms with Gasteiger partial charge in [0.25, 0.3) is 0 Å². The van der Waals surface area contributed by atoms with Gasteiger partial charge in [-0.1, -0.05) is 11.6 Å². The first kappa shape index (κ1) is 13.8. The van der Waals surface area contributed by atoms with Crippen LogP contribution in [0.4, 0.5) is 5.69 Å². The van der Waals surface area contributed by atoms with E-state index in [-0.39, 0.29) is 22.0 Å². The number of nitrogens with two attached hydrogens (primary N) is 2. The monoisotopic (exact) mass is 281 g/mol. The minimum Gasteiger partial charge on any atom is -0.366 e. The lowest BCUT2D eigenvalue weighted by Crippen LogP contribution is -2.48. The van der Waals surface area contributed by atoms with Gasteiger partial charge in [0.2, 0.25) is 11.8 Å². The molecule has 1 aliphatic rings. The molecule has 0 bridgehead atoms. The zero-order chi connectivity index (χ0) is 14.0. The molecule has 2 amide bonds. The van der Waals surface area contributed by atoms with Gasteiger partial charge in [-0.2, -0.15) is 0 Å². The summed E-state index contributed by atoms with van der Waals surface area (Å²) < 4.78 is 0. The van der Waals surface area contributed by atoms with Crippen LogP contribution in [-0.4, -0.2) is 17.4 Å². The number of carbonyl (C=O) groups is 2. The van der Waals surface area contributed by atoms with Crippen molar-refractivity contribution in [2.75, 3.05) is 5.32 Å². The smallest absolute Gasteiger partial charge is 0.250 e. The number of hydrogen-bond acceptors (Lipinski definition) is 3. The quantitative estimate of drug-likeness (QED) is 0.782. The zero-order valence-corrected chi connectivity index (χ0v) is 11.2. The van der Waals surface area contributed by atoms with Crippen molar-refractivity contribution in [3.8, 4) is 0 Å². The lowest BCUT2D eigenvalue weighted by atomic mass is 9.75. The highest BCUT2D eigenvalue weighted by molar-refractivity contribution is 6.34. The van der Waals surface area contributed by atoms with E-state index in [2.05, 4.69) is 5.32 Å². The minimum absolute atomic E-state index is 0.148. The van der Waals surface area contributed by atoms with Crippen LogP contribution < -0.4 is 16.8 Å². The van der Waals surface area contributed by atoms with Crippen LogP contribution in [0.3, 0.4) is 0 Å². The molecule has 2 rings (SSSR count). The van der Waals surface area contributed by atoms with E-state index in [1.807, 2.05) is 0 Å². The summed E-state index contributed by atoms with van der Waals surface area (Å²) in [5.74, 6) is -0.747. The molecular formula is C13H16ClN3O2. The van der Waals surface area contributed by atoms with Crippen LogP contribution in [0.15, 0.2) is 18.2 Å². The summed E-state index contributed by atoms with van der Waals surface area (Å²) in [4.78, 5) is 22.8. The van der Waals surface area contributed by atoms with Crippen LogP contribution in [-0.2, 0) is 4.79 Å². The molecular weight excluding hydrogens is 266 g/mol. The predicted molar refractivity (Wildman–Crippen MR) is 74.0 cm³/mol. The molecule has 0 spiro atoms. The SMILES string of the molecule is NC(=O)c1ccc(NC(=O)CC2(N)CCC2)cc1Cl. The molecule has 0 unspecified atom stereocenters. The van der Waals surface area contributed by atoms with Gasteiger partial charge in [-0.25, -0.2) is 0 Å². The van der Waals surface area contributed by atoms with Gasteiger partial charge in [-0.15, -0.1) is 0 Å². The Morgan fingerprint density at radius 1 is 1.37 bits per heavy atom. The molecule has 1 fully saturated rings. The van der Waals surface area contributed by atoms with Crippen molar-refractivity contribution in [1.82, 2.24) is 0 Å². The van der Waals surface area contributed by atoms with Gasteiger partial charge in [0.05, 0.1) is 10.6 Å². The molecule has 0 radical (unpaired) electrons. The van der Waals surface area contributed by atoms with Gasteiger partial charge in [-0.3, -0.25) is 9.59 Å². The molecule has 5 nitrogen and oxygen atoms in total. The van der Waals surface area contributed by atoms with Crippen molar-refractivity contribution in [2.45, 2.75) is 31.2 Å². The number of anilines is 1. The van der Waals surface area contributed by atoms with Crippen LogP contribution in [0.2, 0.25) is 5.02 Å². The Balaban J connectivity index is 2.01. The van der Waals surface area contributed by atoms with E-state index in [1.54, 1.807) is 6.07 Å². The van der Waals surface area contributed by atoms with E-state index in [0.717, 1.165) is 19.3 Å². The molecule has 0 atom stereocenters. The van der Waals surface area contributed by atoms with Crippen molar-refractivity contribution < 1.29 is 9.59 Å². The maximum Gasteiger partial charge on any atom is 0.250 e. The molecule has 1 aromatic rings. The fraction of sp³-hybridized carbons (Fsp3) is 0.385. The average molecular weight is 282 g/mol. The minimum atomic E-state index is -0.599. The second-order valence-electron chi connectivity index (χ2n) is 5.00. The lowest BCUT2D eigenvalue weighted by molar-refractivity contribution is -0.118. The van der Waals surface area contributed by atoms with Crippen LogP contribution in [0.1, 0.15) is 36.0 Å². The van der Waals surface area contributed by atoms with Gasteiger partial charge in [0.15, 0.2) is 0 Å². The van der Waals surface area contributed by atoms with Gasteiger partial charge in [0, 0.05) is 17.6 Å². The summed E-state index contributed by atoms with van der Waals surface area (Å²) >= 11 is 5.90. The van der Waals surface area contributed by atoms with E-state index in [9.17, 15) is 9.59 Å². The molecule has 0 aromatic heterocycles. The second-order valence-corrected chi connectivity index (χ2v) is 5.41. The molecule has 1 aliphatic carbocycles. The number of benzene rings is 1. The summed E-state index contributed by atoms with van der Waals surface area (Å²) in [6.07, 6.45) is 3.12. The number of halogens is 1. The van der Waals surface area contributed by atoms with E-state index >= 15 is 0 Å². The Labute approximate surface area is 116 Å². The lowest BCUT2D eigenvalue weighted by Gasteiger charge is -2.37. The molecule has 1 saturated carbocycles. The molecule has 0 aliphatic heterocycles. The molecule has 0 heterocycles. The standard InChI is InChI=1S/C13H16ClN3O2/c14-10-6-8(2-3-9(10)12(15)19)17-11(18)7-13(16)4-1-5-13/h2-3,6H,1,4-5,7,16H2,(H2,15,19)(H,17,18). The molecule has 19 heavy (non-hydrogen) atoms. The largest absolute Gasteiger partial charge is 0.366 e. The average Bonchev–Trinajstić information content (AvgIpc) is 2.26.